The Kier molecular flexibility index (Phi) is 8.17. The monoisotopic (exact) mass is 586 g/mol. The van der Waals surface area contributed by atoms with Crippen LogP contribution in [0.2, 0.25) is 0 Å². The number of anilines is 1. The molecule has 0 saturated heterocycles. The van der Waals surface area contributed by atoms with E-state index >= 15 is 0 Å². The lowest BCUT2D eigenvalue weighted by molar-refractivity contribution is -0.113. The lowest BCUT2D eigenvalue weighted by atomic mass is 10.1. The van der Waals surface area contributed by atoms with Gasteiger partial charge in [0.1, 0.15) is 5.75 Å². The second kappa shape index (κ2) is 11.3. The maximum absolute atomic E-state index is 13.4. The Bertz CT molecular complexity index is 1450. The molecule has 186 valence electrons. The predicted octanol–water partition coefficient (Wildman–Crippen LogP) is 6.37. The van der Waals surface area contributed by atoms with Gasteiger partial charge in [-0.1, -0.05) is 45.4 Å². The first kappa shape index (κ1) is 26.0. The average molecular weight is 588 g/mol. The summed E-state index contributed by atoms with van der Waals surface area (Å²) in [5.74, 6) is 0.487. The van der Waals surface area contributed by atoms with Crippen LogP contribution in [-0.4, -0.2) is 31.7 Å². The Morgan fingerprint density at radius 2 is 1.69 bits per heavy atom. The van der Waals surface area contributed by atoms with Crippen LogP contribution in [0, 0.1) is 6.92 Å². The molecule has 3 aromatic carbocycles. The van der Waals surface area contributed by atoms with Gasteiger partial charge in [-0.2, -0.15) is 4.98 Å². The minimum absolute atomic E-state index is 0.0512. The van der Waals surface area contributed by atoms with Gasteiger partial charge in [-0.25, -0.2) is 8.42 Å². The summed E-state index contributed by atoms with van der Waals surface area (Å²) in [7, 11) is -3.99. The number of benzene rings is 3. The van der Waals surface area contributed by atoms with Gasteiger partial charge in [-0.05, 0) is 74.5 Å². The Hall–Kier alpha value is -3.08. The highest BCUT2D eigenvalue weighted by atomic mass is 79.9. The molecule has 1 heterocycles. The SMILES string of the molecule is CCOc1ccc(NC(=O)CSc2oc(-c3ccc(C)cc3)nc2S(=O)(=O)c2ccc(Br)cc2)cc1. The molecule has 10 heteroatoms. The van der Waals surface area contributed by atoms with Crippen molar-refractivity contribution in [2.24, 2.45) is 0 Å². The number of ether oxygens (including phenoxy) is 1. The van der Waals surface area contributed by atoms with Crippen LogP contribution < -0.4 is 10.1 Å². The largest absolute Gasteiger partial charge is 0.494 e. The second-order valence-electron chi connectivity index (χ2n) is 7.73. The first-order valence-corrected chi connectivity index (χ1v) is 14.3. The molecule has 0 spiro atoms. The average Bonchev–Trinajstić information content (AvgIpc) is 3.30. The van der Waals surface area contributed by atoms with Crippen molar-refractivity contribution in [3.8, 4) is 17.2 Å². The molecule has 0 aliphatic heterocycles. The number of nitrogens with one attached hydrogen (secondary N) is 1. The Morgan fingerprint density at radius 3 is 2.33 bits per heavy atom. The highest BCUT2D eigenvalue weighted by Crippen LogP contribution is 2.35. The van der Waals surface area contributed by atoms with Crippen LogP contribution in [0.5, 0.6) is 5.75 Å². The van der Waals surface area contributed by atoms with Crippen LogP contribution in [0.15, 0.2) is 96.7 Å². The van der Waals surface area contributed by atoms with Gasteiger partial charge < -0.3 is 14.5 Å². The summed E-state index contributed by atoms with van der Waals surface area (Å²) in [6.45, 7) is 4.40. The van der Waals surface area contributed by atoms with E-state index in [1.165, 1.54) is 12.1 Å². The molecule has 0 atom stereocenters. The predicted molar refractivity (Wildman–Crippen MR) is 143 cm³/mol. The van der Waals surface area contributed by atoms with Crippen molar-refractivity contribution in [2.45, 2.75) is 28.9 Å². The molecule has 7 nitrogen and oxygen atoms in total. The smallest absolute Gasteiger partial charge is 0.234 e. The van der Waals surface area contributed by atoms with Crippen molar-refractivity contribution in [2.75, 3.05) is 17.7 Å². The molecule has 0 bridgehead atoms. The van der Waals surface area contributed by atoms with Crippen LogP contribution in [0.4, 0.5) is 5.69 Å². The fraction of sp³-hybridized carbons (Fsp3) is 0.154. The van der Waals surface area contributed by atoms with Crippen LogP contribution in [0.1, 0.15) is 12.5 Å². The molecular formula is C26H23BrN2O5S2. The van der Waals surface area contributed by atoms with Gasteiger partial charge in [0, 0.05) is 15.7 Å². The molecule has 4 rings (SSSR count). The first-order chi connectivity index (χ1) is 17.3. The third kappa shape index (κ3) is 6.18. The van der Waals surface area contributed by atoms with Crippen molar-refractivity contribution in [1.82, 2.24) is 4.98 Å². The molecule has 0 unspecified atom stereocenters. The van der Waals surface area contributed by atoms with Crippen LogP contribution in [0.3, 0.4) is 0 Å². The number of aromatic nitrogens is 1. The van der Waals surface area contributed by atoms with Gasteiger partial charge in [0.05, 0.1) is 17.3 Å². The Morgan fingerprint density at radius 1 is 1.03 bits per heavy atom. The van der Waals surface area contributed by atoms with Crippen molar-refractivity contribution < 1.29 is 22.4 Å². The summed E-state index contributed by atoms with van der Waals surface area (Å²) in [4.78, 5) is 17.0. The van der Waals surface area contributed by atoms with E-state index in [0.717, 1.165) is 21.8 Å². The van der Waals surface area contributed by atoms with Crippen molar-refractivity contribution in [3.63, 3.8) is 0 Å². The molecule has 0 aliphatic carbocycles. The van der Waals surface area contributed by atoms with Gasteiger partial charge >= 0.3 is 0 Å². The normalized spacial score (nSPS) is 11.3. The zero-order valence-electron chi connectivity index (χ0n) is 19.5. The molecule has 0 radical (unpaired) electrons. The number of hydrogen-bond donors (Lipinski definition) is 1. The number of amides is 1. The van der Waals surface area contributed by atoms with E-state index in [4.69, 9.17) is 9.15 Å². The number of rotatable bonds is 9. The van der Waals surface area contributed by atoms with Crippen molar-refractivity contribution >= 4 is 49.1 Å². The van der Waals surface area contributed by atoms with E-state index in [9.17, 15) is 13.2 Å². The van der Waals surface area contributed by atoms with Gasteiger partial charge in [0.15, 0.2) is 0 Å². The fourth-order valence-electron chi connectivity index (χ4n) is 3.23. The zero-order chi connectivity index (χ0) is 25.7. The number of thioether (sulfide) groups is 1. The summed E-state index contributed by atoms with van der Waals surface area (Å²) in [5.41, 5.74) is 2.29. The van der Waals surface area contributed by atoms with E-state index in [0.29, 0.717) is 23.6 Å². The molecule has 0 saturated carbocycles. The maximum atomic E-state index is 13.4. The summed E-state index contributed by atoms with van der Waals surface area (Å²) >= 11 is 4.29. The molecular weight excluding hydrogens is 564 g/mol. The number of carbonyl (C=O) groups is 1. The minimum Gasteiger partial charge on any atom is -0.494 e. The molecule has 1 amide bonds. The van der Waals surface area contributed by atoms with E-state index in [2.05, 4.69) is 26.2 Å². The first-order valence-electron chi connectivity index (χ1n) is 11.0. The van der Waals surface area contributed by atoms with Gasteiger partial charge in [0.25, 0.3) is 0 Å². The highest BCUT2D eigenvalue weighted by molar-refractivity contribution is 9.10. The van der Waals surface area contributed by atoms with Gasteiger partial charge in [0.2, 0.25) is 31.8 Å². The number of nitrogens with zero attached hydrogens (tertiary/aromatic N) is 1. The Labute approximate surface area is 222 Å². The van der Waals surface area contributed by atoms with Gasteiger partial charge in [-0.15, -0.1) is 0 Å². The highest BCUT2D eigenvalue weighted by Gasteiger charge is 2.29. The lowest BCUT2D eigenvalue weighted by Gasteiger charge is -2.07. The van der Waals surface area contributed by atoms with Crippen molar-refractivity contribution in [1.29, 1.82) is 0 Å². The molecule has 1 aromatic heterocycles. The number of halogens is 1. The van der Waals surface area contributed by atoms with Gasteiger partial charge in [-0.3, -0.25) is 4.79 Å². The van der Waals surface area contributed by atoms with Crippen LogP contribution in [0.25, 0.3) is 11.5 Å². The number of sulfone groups is 1. The summed E-state index contributed by atoms with van der Waals surface area (Å²) in [5, 5.41) is 2.62. The fourth-order valence-corrected chi connectivity index (χ4v) is 5.82. The quantitative estimate of drug-likeness (QED) is 0.227. The maximum Gasteiger partial charge on any atom is 0.234 e. The number of aryl methyl sites for hydroxylation is 1. The standard InChI is InChI=1S/C26H23BrN2O5S2/c1-3-33-21-12-10-20(11-13-21)28-23(30)16-35-26-25(36(31,32)22-14-8-19(27)9-15-22)29-24(34-26)18-6-4-17(2)5-7-18/h4-15H,3,16H2,1-2H3,(H,28,30). The third-order valence-corrected chi connectivity index (χ3v) is 8.31. The molecule has 4 aromatic rings. The molecule has 0 fully saturated rings. The van der Waals surface area contributed by atoms with E-state index in [1.54, 1.807) is 36.4 Å². The zero-order valence-corrected chi connectivity index (χ0v) is 22.7. The molecule has 0 aliphatic rings. The Balaban J connectivity index is 1.59. The number of carbonyl (C=O) groups excluding carboxylic acids is 1. The van der Waals surface area contributed by atoms with Crippen LogP contribution in [-0.2, 0) is 14.6 Å². The van der Waals surface area contributed by atoms with E-state index < -0.39 is 9.84 Å². The van der Waals surface area contributed by atoms with E-state index in [-0.39, 0.29) is 32.6 Å². The lowest BCUT2D eigenvalue weighted by Crippen LogP contribution is -2.14. The summed E-state index contributed by atoms with van der Waals surface area (Å²) < 4.78 is 38.9. The number of hydrogen-bond acceptors (Lipinski definition) is 7. The van der Waals surface area contributed by atoms with E-state index in [1.807, 2.05) is 38.1 Å². The topological polar surface area (TPSA) is 98.5 Å². The van der Waals surface area contributed by atoms with Crippen LogP contribution >= 0.6 is 27.7 Å². The third-order valence-electron chi connectivity index (χ3n) is 5.03. The number of oxazole rings is 1. The summed E-state index contributed by atoms with van der Waals surface area (Å²) in [6, 6.07) is 20.7. The summed E-state index contributed by atoms with van der Waals surface area (Å²) in [6.07, 6.45) is 0. The second-order valence-corrected chi connectivity index (χ2v) is 11.5. The minimum atomic E-state index is -3.99. The molecule has 1 N–H and O–H groups in total. The van der Waals surface area contributed by atoms with Crippen molar-refractivity contribution in [3.05, 3.63) is 82.8 Å². The molecule has 36 heavy (non-hydrogen) atoms.